The zero-order chi connectivity index (χ0) is 37.9. The van der Waals surface area contributed by atoms with Gasteiger partial charge in [-0.1, -0.05) is 121 Å². The van der Waals surface area contributed by atoms with Gasteiger partial charge in [0.1, 0.15) is 0 Å². The first-order valence-corrected chi connectivity index (χ1v) is 19.7. The number of fused-ring (bicyclic) bond motifs is 10. The molecule has 0 amide bonds. The average Bonchev–Trinajstić information content (AvgIpc) is 3.81. The molecule has 13 rings (SSSR count). The van der Waals surface area contributed by atoms with Gasteiger partial charge >= 0.3 is 0 Å². The van der Waals surface area contributed by atoms with E-state index in [2.05, 4.69) is 179 Å². The van der Waals surface area contributed by atoms with Gasteiger partial charge in [-0.25, -0.2) is 0 Å². The Morgan fingerprint density at radius 3 is 1.09 bits per heavy atom. The Kier molecular flexibility index (Phi) is 6.41. The summed E-state index contributed by atoms with van der Waals surface area (Å²) in [5.41, 5.74) is 16.3. The van der Waals surface area contributed by atoms with Crippen molar-refractivity contribution in [3.05, 3.63) is 194 Å². The fourth-order valence-corrected chi connectivity index (χ4v) is 9.40. The summed E-state index contributed by atoms with van der Waals surface area (Å²) in [7, 11) is 0. The second-order valence-electron chi connectivity index (χ2n) is 15.3. The molecule has 2 aliphatic rings. The van der Waals surface area contributed by atoms with Crippen molar-refractivity contribution >= 4 is 43.6 Å². The Bertz CT molecular complexity index is 3280. The quantitative estimate of drug-likeness (QED) is 0.180. The second-order valence-corrected chi connectivity index (χ2v) is 15.3. The molecule has 0 fully saturated rings. The van der Waals surface area contributed by atoms with E-state index in [0.717, 1.165) is 45.4 Å². The third-order valence-corrected chi connectivity index (χ3v) is 12.1. The lowest BCUT2D eigenvalue weighted by molar-refractivity contribution is 0.476. The Hall–Kier alpha value is -7.82. The number of ether oxygens (including phenoxy) is 2. The van der Waals surface area contributed by atoms with E-state index in [-0.39, 0.29) is 0 Å². The van der Waals surface area contributed by atoms with Crippen LogP contribution in [0.3, 0.4) is 0 Å². The maximum Gasteiger partial charge on any atom is 0.152 e. The normalized spacial score (nSPS) is 12.4. The van der Waals surface area contributed by atoms with E-state index in [1.807, 2.05) is 24.3 Å². The first-order chi connectivity index (χ1) is 28.7. The maximum atomic E-state index is 6.34. The van der Waals surface area contributed by atoms with Crippen LogP contribution in [0.5, 0.6) is 23.0 Å². The van der Waals surface area contributed by atoms with Crippen LogP contribution >= 0.6 is 0 Å². The van der Waals surface area contributed by atoms with Crippen molar-refractivity contribution < 1.29 is 9.47 Å². The highest BCUT2D eigenvalue weighted by atomic mass is 16.5. The van der Waals surface area contributed by atoms with Crippen molar-refractivity contribution in [2.75, 3.05) is 0 Å². The minimum Gasteiger partial charge on any atom is -0.453 e. The van der Waals surface area contributed by atoms with E-state index in [9.17, 15) is 0 Å². The van der Waals surface area contributed by atoms with Gasteiger partial charge in [0, 0.05) is 21.5 Å². The number of hydrogen-bond donors (Lipinski definition) is 0. The molecule has 4 heteroatoms. The molecule has 0 unspecified atom stereocenters. The second kappa shape index (κ2) is 11.8. The first-order valence-electron chi connectivity index (χ1n) is 19.7. The minimum absolute atomic E-state index is 0.880. The number of aromatic nitrogens is 2. The minimum atomic E-state index is 0.880. The highest BCUT2D eigenvalue weighted by molar-refractivity contribution is 6.14. The molecule has 0 radical (unpaired) electrons. The molecule has 0 N–H and O–H groups in total. The van der Waals surface area contributed by atoms with Crippen molar-refractivity contribution in [3.63, 3.8) is 0 Å². The summed E-state index contributed by atoms with van der Waals surface area (Å²) in [6.07, 6.45) is 0. The van der Waals surface area contributed by atoms with Gasteiger partial charge in [-0.05, 0) is 117 Å². The van der Waals surface area contributed by atoms with E-state index in [1.54, 1.807) is 0 Å². The Morgan fingerprint density at radius 2 is 0.621 bits per heavy atom. The summed E-state index contributed by atoms with van der Waals surface area (Å²) in [6, 6.07) is 69.7. The molecular formula is C54H32N2O2. The van der Waals surface area contributed by atoms with Crippen LogP contribution < -0.4 is 9.47 Å². The molecule has 4 heterocycles. The highest BCUT2D eigenvalue weighted by Gasteiger charge is 2.25. The maximum absolute atomic E-state index is 6.34. The van der Waals surface area contributed by atoms with Gasteiger partial charge in [-0.3, -0.25) is 0 Å². The molecule has 0 aliphatic carbocycles. The van der Waals surface area contributed by atoms with E-state index in [1.165, 1.54) is 77.1 Å². The Balaban J connectivity index is 0.829. The van der Waals surface area contributed by atoms with Crippen molar-refractivity contribution in [2.45, 2.75) is 0 Å². The van der Waals surface area contributed by atoms with E-state index < -0.39 is 0 Å². The molecule has 9 aromatic carbocycles. The predicted octanol–water partition coefficient (Wildman–Crippen LogP) is 14.8. The van der Waals surface area contributed by atoms with E-state index in [0.29, 0.717) is 0 Å². The molecule has 2 aromatic heterocycles. The average molecular weight is 741 g/mol. The predicted molar refractivity (Wildman–Crippen MR) is 237 cm³/mol. The zero-order valence-corrected chi connectivity index (χ0v) is 31.2. The van der Waals surface area contributed by atoms with Crippen molar-refractivity contribution in [1.82, 2.24) is 9.13 Å². The van der Waals surface area contributed by atoms with Crippen LogP contribution in [0.15, 0.2) is 194 Å². The summed E-state index contributed by atoms with van der Waals surface area (Å²) in [5.74, 6) is 3.54. The molecule has 4 nitrogen and oxygen atoms in total. The SMILES string of the molecule is c1cc(-c2ccc(-c3cccc(-c4ccc5c(c4)c4cccc6c4n5-c4ccccc4O6)c3)cc2)cc(-c2ccc3c(c2)c2cccc4c2n3-c2ccccc2O4)c1. The molecule has 0 saturated heterocycles. The van der Waals surface area contributed by atoms with E-state index >= 15 is 0 Å². The smallest absolute Gasteiger partial charge is 0.152 e. The van der Waals surface area contributed by atoms with Crippen LogP contribution in [0.2, 0.25) is 0 Å². The molecule has 0 spiro atoms. The summed E-state index contributed by atoms with van der Waals surface area (Å²) >= 11 is 0. The van der Waals surface area contributed by atoms with Gasteiger partial charge in [0.2, 0.25) is 0 Å². The van der Waals surface area contributed by atoms with Crippen molar-refractivity contribution in [2.24, 2.45) is 0 Å². The molecule has 270 valence electrons. The molecule has 11 aromatic rings. The summed E-state index contributed by atoms with van der Waals surface area (Å²) in [6.45, 7) is 0. The highest BCUT2D eigenvalue weighted by Crippen LogP contribution is 2.47. The summed E-state index contributed by atoms with van der Waals surface area (Å²) in [4.78, 5) is 0. The lowest BCUT2D eigenvalue weighted by Gasteiger charge is -2.20. The molecule has 0 atom stereocenters. The fourth-order valence-electron chi connectivity index (χ4n) is 9.40. The Labute approximate surface area is 334 Å². The van der Waals surface area contributed by atoms with Crippen LogP contribution in [0.1, 0.15) is 0 Å². The molecule has 2 aliphatic heterocycles. The summed E-state index contributed by atoms with van der Waals surface area (Å²) in [5, 5.41) is 4.83. The van der Waals surface area contributed by atoms with Crippen LogP contribution in [-0.4, -0.2) is 9.13 Å². The molecular weight excluding hydrogens is 709 g/mol. The van der Waals surface area contributed by atoms with Crippen LogP contribution in [0, 0.1) is 0 Å². The van der Waals surface area contributed by atoms with Gasteiger partial charge in [-0.15, -0.1) is 0 Å². The van der Waals surface area contributed by atoms with Crippen molar-refractivity contribution in [3.8, 4) is 78.9 Å². The van der Waals surface area contributed by atoms with Crippen LogP contribution in [0.25, 0.3) is 99.5 Å². The number of benzene rings is 9. The number of rotatable bonds is 4. The lowest BCUT2D eigenvalue weighted by atomic mass is 9.95. The van der Waals surface area contributed by atoms with Gasteiger partial charge in [-0.2, -0.15) is 0 Å². The van der Waals surface area contributed by atoms with Crippen molar-refractivity contribution in [1.29, 1.82) is 0 Å². The molecule has 58 heavy (non-hydrogen) atoms. The standard InChI is InChI=1S/C54H32N2O2/c1-3-17-49-47(15-1)55-45-27-25-39(31-43(45)41-13-7-19-51(57-49)53(41)55)37-11-5-9-35(29-37)33-21-23-34(24-22-33)36-10-6-12-38(30-36)40-26-28-46-44(32-40)42-14-8-20-52-54(42)56(46)48-16-2-4-18-50(48)58-52/h1-32H. The number of nitrogens with zero attached hydrogens (tertiary/aromatic N) is 2. The topological polar surface area (TPSA) is 28.3 Å². The third kappa shape index (κ3) is 4.51. The first kappa shape index (κ1) is 31.4. The van der Waals surface area contributed by atoms with Crippen LogP contribution in [0.4, 0.5) is 0 Å². The van der Waals surface area contributed by atoms with Gasteiger partial charge in [0.25, 0.3) is 0 Å². The Morgan fingerprint density at radius 1 is 0.259 bits per heavy atom. The largest absolute Gasteiger partial charge is 0.453 e. The van der Waals surface area contributed by atoms with E-state index in [4.69, 9.17) is 9.47 Å². The third-order valence-electron chi connectivity index (χ3n) is 12.1. The van der Waals surface area contributed by atoms with Gasteiger partial charge < -0.3 is 18.6 Å². The lowest BCUT2D eigenvalue weighted by Crippen LogP contribution is -2.03. The van der Waals surface area contributed by atoms with Gasteiger partial charge in [0.15, 0.2) is 23.0 Å². The zero-order valence-electron chi connectivity index (χ0n) is 31.2. The number of hydrogen-bond acceptors (Lipinski definition) is 2. The monoisotopic (exact) mass is 740 g/mol. The fraction of sp³-hybridized carbons (Fsp3) is 0. The summed E-state index contributed by atoms with van der Waals surface area (Å²) < 4.78 is 17.4. The van der Waals surface area contributed by atoms with Gasteiger partial charge in [0.05, 0.1) is 33.4 Å². The molecule has 0 saturated carbocycles. The molecule has 0 bridgehead atoms. The van der Waals surface area contributed by atoms with Crippen LogP contribution in [-0.2, 0) is 0 Å². The number of para-hydroxylation sites is 6.